The largest absolute Gasteiger partial charge is 0.417 e. The Kier molecular flexibility index (Phi) is 5.88. The third-order valence-corrected chi connectivity index (χ3v) is 4.05. The van der Waals surface area contributed by atoms with Gasteiger partial charge in [-0.3, -0.25) is 0 Å². The molecule has 0 amide bonds. The molecule has 7 heteroatoms. The molecule has 1 heterocycles. The molecule has 1 aromatic carbocycles. The van der Waals surface area contributed by atoms with E-state index in [2.05, 4.69) is 16.4 Å². The number of nitriles is 1. The third kappa shape index (κ3) is 5.18. The molecule has 1 aromatic heterocycles. The molecule has 0 radical (unpaired) electrons. The van der Waals surface area contributed by atoms with Crippen molar-refractivity contribution in [2.75, 3.05) is 17.6 Å². The molecule has 0 aliphatic carbocycles. The second-order valence-corrected chi connectivity index (χ2v) is 5.78. The third-order valence-electron chi connectivity index (χ3n) is 3.04. The highest BCUT2D eigenvalue weighted by Gasteiger charge is 2.30. The van der Waals surface area contributed by atoms with Crippen molar-refractivity contribution in [3.63, 3.8) is 0 Å². The highest BCUT2D eigenvalue weighted by atomic mass is 32.2. The van der Waals surface area contributed by atoms with Crippen LogP contribution >= 0.6 is 11.8 Å². The average Bonchev–Trinajstić information content (AvgIpc) is 2.54. The van der Waals surface area contributed by atoms with E-state index >= 15 is 0 Å². The Bertz CT molecular complexity index is 678. The van der Waals surface area contributed by atoms with Crippen molar-refractivity contribution >= 4 is 17.6 Å². The number of hydrogen-bond donors (Lipinski definition) is 1. The first-order valence-corrected chi connectivity index (χ1v) is 7.99. The zero-order chi connectivity index (χ0) is 16.7. The predicted molar refractivity (Wildman–Crippen MR) is 85.0 cm³/mol. The van der Waals surface area contributed by atoms with Crippen LogP contribution < -0.4 is 5.32 Å². The van der Waals surface area contributed by atoms with E-state index in [9.17, 15) is 13.2 Å². The molecule has 0 aliphatic rings. The molecule has 0 atom stereocenters. The summed E-state index contributed by atoms with van der Waals surface area (Å²) in [5.74, 6) is 1.88. The SMILES string of the molecule is N#Cc1ccccc1CSCCNc1ccc(C(F)(F)F)cn1. The van der Waals surface area contributed by atoms with Crippen molar-refractivity contribution in [2.45, 2.75) is 11.9 Å². The van der Waals surface area contributed by atoms with Gasteiger partial charge >= 0.3 is 6.18 Å². The predicted octanol–water partition coefficient (Wildman–Crippen LogP) is 4.32. The summed E-state index contributed by atoms with van der Waals surface area (Å²) >= 11 is 1.64. The summed E-state index contributed by atoms with van der Waals surface area (Å²) in [4.78, 5) is 3.74. The second kappa shape index (κ2) is 7.88. The van der Waals surface area contributed by atoms with Crippen LogP contribution in [0.15, 0.2) is 42.6 Å². The molecule has 0 saturated carbocycles. The Morgan fingerprint density at radius 3 is 2.61 bits per heavy atom. The number of anilines is 1. The highest BCUT2D eigenvalue weighted by molar-refractivity contribution is 7.98. The normalized spacial score (nSPS) is 11.0. The highest BCUT2D eigenvalue weighted by Crippen LogP contribution is 2.28. The van der Waals surface area contributed by atoms with Gasteiger partial charge in [0.05, 0.1) is 17.2 Å². The number of halogens is 3. The van der Waals surface area contributed by atoms with Crippen LogP contribution in [0.4, 0.5) is 19.0 Å². The van der Waals surface area contributed by atoms with Gasteiger partial charge in [-0.2, -0.15) is 30.2 Å². The van der Waals surface area contributed by atoms with Gasteiger partial charge in [0.25, 0.3) is 0 Å². The van der Waals surface area contributed by atoms with Crippen LogP contribution in [0.5, 0.6) is 0 Å². The Labute approximate surface area is 136 Å². The summed E-state index contributed by atoms with van der Waals surface area (Å²) < 4.78 is 37.2. The molecule has 0 unspecified atom stereocenters. The fourth-order valence-corrected chi connectivity index (χ4v) is 2.72. The fourth-order valence-electron chi connectivity index (χ4n) is 1.85. The van der Waals surface area contributed by atoms with E-state index in [1.807, 2.05) is 18.2 Å². The first-order chi connectivity index (χ1) is 11.0. The van der Waals surface area contributed by atoms with Gasteiger partial charge < -0.3 is 5.32 Å². The van der Waals surface area contributed by atoms with Crippen LogP contribution in [-0.2, 0) is 11.9 Å². The van der Waals surface area contributed by atoms with E-state index in [1.54, 1.807) is 17.8 Å². The molecule has 3 nitrogen and oxygen atoms in total. The molecule has 0 saturated heterocycles. The number of pyridine rings is 1. The molecule has 0 aliphatic heterocycles. The van der Waals surface area contributed by atoms with Gasteiger partial charge in [-0.15, -0.1) is 0 Å². The van der Waals surface area contributed by atoms with Gasteiger partial charge in [-0.05, 0) is 23.8 Å². The molecule has 23 heavy (non-hydrogen) atoms. The summed E-state index contributed by atoms with van der Waals surface area (Å²) in [7, 11) is 0. The number of nitrogens with one attached hydrogen (secondary N) is 1. The molecular weight excluding hydrogens is 323 g/mol. The van der Waals surface area contributed by atoms with Crippen molar-refractivity contribution in [2.24, 2.45) is 0 Å². The van der Waals surface area contributed by atoms with Gasteiger partial charge in [-0.1, -0.05) is 18.2 Å². The summed E-state index contributed by atoms with van der Waals surface area (Å²) in [6, 6.07) is 11.9. The molecule has 120 valence electrons. The van der Waals surface area contributed by atoms with Crippen molar-refractivity contribution in [1.82, 2.24) is 4.98 Å². The Morgan fingerprint density at radius 1 is 1.17 bits per heavy atom. The fraction of sp³-hybridized carbons (Fsp3) is 0.250. The van der Waals surface area contributed by atoms with Crippen LogP contribution in [0.1, 0.15) is 16.7 Å². The Balaban J connectivity index is 1.75. The van der Waals surface area contributed by atoms with E-state index < -0.39 is 11.7 Å². The van der Waals surface area contributed by atoms with Crippen molar-refractivity contribution in [3.05, 3.63) is 59.3 Å². The van der Waals surface area contributed by atoms with Crippen molar-refractivity contribution < 1.29 is 13.2 Å². The molecular formula is C16H14F3N3S. The molecule has 0 spiro atoms. The van der Waals surface area contributed by atoms with Gasteiger partial charge in [0.1, 0.15) is 5.82 Å². The maximum absolute atomic E-state index is 12.4. The maximum Gasteiger partial charge on any atom is 0.417 e. The van der Waals surface area contributed by atoms with Gasteiger partial charge in [0.2, 0.25) is 0 Å². The Hall–Kier alpha value is -2.20. The quantitative estimate of drug-likeness (QED) is 0.798. The van der Waals surface area contributed by atoms with E-state index in [-0.39, 0.29) is 0 Å². The summed E-state index contributed by atoms with van der Waals surface area (Å²) in [5.41, 5.74) is 0.885. The maximum atomic E-state index is 12.4. The molecule has 0 bridgehead atoms. The van der Waals surface area contributed by atoms with Crippen LogP contribution in [-0.4, -0.2) is 17.3 Å². The van der Waals surface area contributed by atoms with E-state index in [4.69, 9.17) is 5.26 Å². The monoisotopic (exact) mass is 337 g/mol. The number of alkyl halides is 3. The number of aromatic nitrogens is 1. The number of nitrogens with zero attached hydrogens (tertiary/aromatic N) is 2. The van der Waals surface area contributed by atoms with E-state index in [0.29, 0.717) is 23.7 Å². The minimum Gasteiger partial charge on any atom is -0.369 e. The van der Waals surface area contributed by atoms with Gasteiger partial charge in [0, 0.05) is 24.2 Å². The summed E-state index contributed by atoms with van der Waals surface area (Å²) in [6.07, 6.45) is -3.55. The van der Waals surface area contributed by atoms with Crippen LogP contribution in [0, 0.1) is 11.3 Å². The zero-order valence-corrected chi connectivity index (χ0v) is 12.9. The number of benzene rings is 1. The number of hydrogen-bond acceptors (Lipinski definition) is 4. The smallest absolute Gasteiger partial charge is 0.369 e. The number of thioether (sulfide) groups is 1. The van der Waals surface area contributed by atoms with Crippen LogP contribution in [0.25, 0.3) is 0 Å². The lowest BCUT2D eigenvalue weighted by Gasteiger charge is -2.09. The van der Waals surface area contributed by atoms with E-state index in [0.717, 1.165) is 23.6 Å². The van der Waals surface area contributed by atoms with Crippen LogP contribution in [0.2, 0.25) is 0 Å². The van der Waals surface area contributed by atoms with Crippen molar-refractivity contribution in [3.8, 4) is 6.07 Å². The first kappa shape index (κ1) is 17.2. The number of rotatable bonds is 6. The van der Waals surface area contributed by atoms with Gasteiger partial charge in [-0.25, -0.2) is 4.98 Å². The lowest BCUT2D eigenvalue weighted by atomic mass is 10.1. The van der Waals surface area contributed by atoms with E-state index in [1.165, 1.54) is 6.07 Å². The summed E-state index contributed by atoms with van der Waals surface area (Å²) in [5, 5.41) is 12.0. The molecule has 1 N–H and O–H groups in total. The standard InChI is InChI=1S/C16H14F3N3S/c17-16(18,19)14-5-6-15(22-10-14)21-7-8-23-11-13-4-2-1-3-12(13)9-20/h1-6,10H,7-8,11H2,(H,21,22). The Morgan fingerprint density at radius 2 is 1.96 bits per heavy atom. The summed E-state index contributed by atoms with van der Waals surface area (Å²) in [6.45, 7) is 0.581. The zero-order valence-electron chi connectivity index (χ0n) is 12.1. The van der Waals surface area contributed by atoms with Crippen LogP contribution in [0.3, 0.4) is 0 Å². The topological polar surface area (TPSA) is 48.7 Å². The minimum atomic E-state index is -4.37. The lowest BCUT2D eigenvalue weighted by Crippen LogP contribution is -2.08. The van der Waals surface area contributed by atoms with Crippen molar-refractivity contribution in [1.29, 1.82) is 5.26 Å². The van der Waals surface area contributed by atoms with Gasteiger partial charge in [0.15, 0.2) is 0 Å². The second-order valence-electron chi connectivity index (χ2n) is 4.68. The molecule has 2 rings (SSSR count). The lowest BCUT2D eigenvalue weighted by molar-refractivity contribution is -0.137. The first-order valence-electron chi connectivity index (χ1n) is 6.83. The average molecular weight is 337 g/mol. The minimum absolute atomic E-state index is 0.413. The molecule has 2 aromatic rings. The molecule has 0 fully saturated rings.